The summed E-state index contributed by atoms with van der Waals surface area (Å²) in [7, 11) is 0. The molecular weight excluding hydrogens is 370 g/mol. The molecule has 0 aliphatic carbocycles. The van der Waals surface area contributed by atoms with Crippen molar-refractivity contribution in [1.29, 1.82) is 0 Å². The van der Waals surface area contributed by atoms with E-state index in [-0.39, 0.29) is 0 Å². The van der Waals surface area contributed by atoms with Crippen molar-refractivity contribution >= 4 is 11.0 Å². The summed E-state index contributed by atoms with van der Waals surface area (Å²) >= 11 is 0. The SMILES string of the molecule is CCCCCCc1cc(CCCCCC)c(O)c(-n2nc3ccc(CC)cc3n2)c1. The molecule has 1 N–H and O–H groups in total. The quantitative estimate of drug-likeness (QED) is 0.331. The number of phenols is 1. The Morgan fingerprint density at radius 3 is 2.13 bits per heavy atom. The molecule has 0 saturated heterocycles. The van der Waals surface area contributed by atoms with E-state index in [9.17, 15) is 5.11 Å². The van der Waals surface area contributed by atoms with Crippen LogP contribution in [0.15, 0.2) is 30.3 Å². The molecule has 1 aromatic heterocycles. The number of hydrogen-bond donors (Lipinski definition) is 1. The maximum atomic E-state index is 11.1. The Balaban J connectivity index is 1.92. The van der Waals surface area contributed by atoms with Crippen LogP contribution in [-0.4, -0.2) is 20.1 Å². The van der Waals surface area contributed by atoms with Gasteiger partial charge in [0.1, 0.15) is 22.5 Å². The number of nitrogens with zero attached hydrogens (tertiary/aromatic N) is 3. The molecule has 2 aromatic carbocycles. The molecular formula is C26H37N3O. The Bertz CT molecular complexity index is 945. The fraction of sp³-hybridized carbons (Fsp3) is 0.538. The normalized spacial score (nSPS) is 11.4. The van der Waals surface area contributed by atoms with E-state index in [2.05, 4.69) is 50.1 Å². The molecule has 0 aliphatic rings. The van der Waals surface area contributed by atoms with E-state index in [4.69, 9.17) is 5.10 Å². The van der Waals surface area contributed by atoms with Gasteiger partial charge in [0.05, 0.1) is 0 Å². The first-order valence-corrected chi connectivity index (χ1v) is 11.9. The minimum Gasteiger partial charge on any atom is -0.505 e. The van der Waals surface area contributed by atoms with Crippen molar-refractivity contribution in [2.75, 3.05) is 0 Å². The summed E-state index contributed by atoms with van der Waals surface area (Å²) in [5, 5.41) is 20.4. The third kappa shape index (κ3) is 5.62. The van der Waals surface area contributed by atoms with Crippen LogP contribution in [0.3, 0.4) is 0 Å². The number of fused-ring (bicyclic) bond motifs is 1. The van der Waals surface area contributed by atoms with Crippen molar-refractivity contribution in [3.63, 3.8) is 0 Å². The molecule has 0 fully saturated rings. The second kappa shape index (κ2) is 11.1. The summed E-state index contributed by atoms with van der Waals surface area (Å²) in [5.41, 5.74) is 6.02. The van der Waals surface area contributed by atoms with Gasteiger partial charge in [-0.25, -0.2) is 0 Å². The summed E-state index contributed by atoms with van der Waals surface area (Å²) in [6, 6.07) is 10.5. The fourth-order valence-corrected chi connectivity index (χ4v) is 4.02. The molecule has 0 spiro atoms. The van der Waals surface area contributed by atoms with Crippen LogP contribution in [0.2, 0.25) is 0 Å². The minimum atomic E-state index is 0.333. The Kier molecular flexibility index (Phi) is 8.30. The minimum absolute atomic E-state index is 0.333. The van der Waals surface area contributed by atoms with Gasteiger partial charge in [-0.1, -0.05) is 71.4 Å². The monoisotopic (exact) mass is 407 g/mol. The fourth-order valence-electron chi connectivity index (χ4n) is 4.02. The van der Waals surface area contributed by atoms with E-state index in [0.29, 0.717) is 11.4 Å². The van der Waals surface area contributed by atoms with Crippen molar-refractivity contribution in [2.45, 2.75) is 91.4 Å². The highest BCUT2D eigenvalue weighted by molar-refractivity contribution is 5.75. The summed E-state index contributed by atoms with van der Waals surface area (Å²) in [6.07, 6.45) is 12.7. The van der Waals surface area contributed by atoms with Gasteiger partial charge < -0.3 is 5.11 Å². The van der Waals surface area contributed by atoms with Crippen LogP contribution in [0.1, 0.15) is 88.8 Å². The highest BCUT2D eigenvalue weighted by Crippen LogP contribution is 2.30. The molecule has 0 atom stereocenters. The van der Waals surface area contributed by atoms with Crippen LogP contribution in [-0.2, 0) is 19.3 Å². The molecule has 0 bridgehead atoms. The number of aryl methyl sites for hydroxylation is 3. The van der Waals surface area contributed by atoms with Crippen LogP contribution >= 0.6 is 0 Å². The molecule has 0 unspecified atom stereocenters. The zero-order valence-corrected chi connectivity index (χ0v) is 19.0. The molecule has 162 valence electrons. The summed E-state index contributed by atoms with van der Waals surface area (Å²) in [4.78, 5) is 1.63. The largest absolute Gasteiger partial charge is 0.505 e. The van der Waals surface area contributed by atoms with Crippen LogP contribution in [0.5, 0.6) is 5.75 Å². The third-order valence-electron chi connectivity index (χ3n) is 5.92. The molecule has 4 heteroatoms. The summed E-state index contributed by atoms with van der Waals surface area (Å²) in [6.45, 7) is 6.61. The van der Waals surface area contributed by atoms with E-state index in [1.807, 2.05) is 6.07 Å². The lowest BCUT2D eigenvalue weighted by molar-refractivity contribution is 0.458. The average Bonchev–Trinajstić information content (AvgIpc) is 3.18. The number of phenolic OH excluding ortho intramolecular Hbond substituents is 1. The Morgan fingerprint density at radius 1 is 0.733 bits per heavy atom. The van der Waals surface area contributed by atoms with Crippen LogP contribution in [0.4, 0.5) is 0 Å². The molecule has 0 aliphatic heterocycles. The van der Waals surface area contributed by atoms with Crippen LogP contribution in [0, 0.1) is 0 Å². The second-order valence-electron chi connectivity index (χ2n) is 8.41. The predicted molar refractivity (Wildman–Crippen MR) is 126 cm³/mol. The average molecular weight is 408 g/mol. The van der Waals surface area contributed by atoms with Gasteiger partial charge in [-0.05, 0) is 67.0 Å². The number of aromatic nitrogens is 3. The maximum Gasteiger partial charge on any atom is 0.146 e. The number of aromatic hydroxyl groups is 1. The van der Waals surface area contributed by atoms with E-state index in [1.165, 1.54) is 56.1 Å². The van der Waals surface area contributed by atoms with Crippen molar-refractivity contribution in [1.82, 2.24) is 15.0 Å². The maximum absolute atomic E-state index is 11.1. The topological polar surface area (TPSA) is 50.9 Å². The smallest absolute Gasteiger partial charge is 0.146 e. The molecule has 4 nitrogen and oxygen atoms in total. The first-order chi connectivity index (χ1) is 14.7. The van der Waals surface area contributed by atoms with Crippen molar-refractivity contribution in [2.24, 2.45) is 0 Å². The third-order valence-corrected chi connectivity index (χ3v) is 5.92. The van der Waals surface area contributed by atoms with Crippen LogP contribution in [0.25, 0.3) is 16.7 Å². The van der Waals surface area contributed by atoms with E-state index in [0.717, 1.165) is 42.3 Å². The van der Waals surface area contributed by atoms with Gasteiger partial charge in [0.15, 0.2) is 0 Å². The second-order valence-corrected chi connectivity index (χ2v) is 8.41. The van der Waals surface area contributed by atoms with Gasteiger partial charge in [0.25, 0.3) is 0 Å². The molecule has 3 rings (SSSR count). The molecule has 0 radical (unpaired) electrons. The molecule has 1 heterocycles. The number of rotatable bonds is 12. The number of hydrogen-bond acceptors (Lipinski definition) is 3. The molecule has 30 heavy (non-hydrogen) atoms. The summed E-state index contributed by atoms with van der Waals surface area (Å²) < 4.78 is 0. The lowest BCUT2D eigenvalue weighted by Gasteiger charge is -2.13. The van der Waals surface area contributed by atoms with Gasteiger partial charge in [-0.3, -0.25) is 0 Å². The molecule has 3 aromatic rings. The van der Waals surface area contributed by atoms with Gasteiger partial charge in [-0.2, -0.15) is 0 Å². The Hall–Kier alpha value is -2.36. The Morgan fingerprint density at radius 2 is 1.43 bits per heavy atom. The predicted octanol–water partition coefficient (Wildman–Crippen LogP) is 6.93. The number of benzene rings is 2. The highest BCUT2D eigenvalue weighted by atomic mass is 16.3. The lowest BCUT2D eigenvalue weighted by atomic mass is 9.98. The van der Waals surface area contributed by atoms with E-state index >= 15 is 0 Å². The molecule has 0 amide bonds. The standard InChI is InChI=1S/C26H37N3O/c1-4-7-9-11-13-21-17-22(14-12-10-8-5-2)26(30)25(19-21)29-27-23-16-15-20(6-3)18-24(23)28-29/h15-19,30H,4-14H2,1-3H3. The van der Waals surface area contributed by atoms with Gasteiger partial charge in [0, 0.05) is 0 Å². The first-order valence-electron chi connectivity index (χ1n) is 11.9. The van der Waals surface area contributed by atoms with Crippen LogP contribution < -0.4 is 0 Å². The zero-order valence-electron chi connectivity index (χ0n) is 19.0. The zero-order chi connectivity index (χ0) is 21.3. The van der Waals surface area contributed by atoms with E-state index in [1.54, 1.807) is 4.80 Å². The highest BCUT2D eigenvalue weighted by Gasteiger charge is 2.15. The van der Waals surface area contributed by atoms with Crippen molar-refractivity contribution < 1.29 is 5.11 Å². The lowest BCUT2D eigenvalue weighted by Crippen LogP contribution is -2.03. The van der Waals surface area contributed by atoms with E-state index < -0.39 is 0 Å². The van der Waals surface area contributed by atoms with Crippen molar-refractivity contribution in [3.8, 4) is 11.4 Å². The van der Waals surface area contributed by atoms with Gasteiger partial charge in [-0.15, -0.1) is 15.0 Å². The van der Waals surface area contributed by atoms with Crippen molar-refractivity contribution in [3.05, 3.63) is 47.0 Å². The Labute approximate surface area is 181 Å². The first kappa shape index (κ1) is 22.3. The van der Waals surface area contributed by atoms with Gasteiger partial charge >= 0.3 is 0 Å². The van der Waals surface area contributed by atoms with Gasteiger partial charge in [0.2, 0.25) is 0 Å². The number of unbranched alkanes of at least 4 members (excludes halogenated alkanes) is 6. The summed E-state index contributed by atoms with van der Waals surface area (Å²) in [5.74, 6) is 0.333. The molecule has 0 saturated carbocycles.